The Kier molecular flexibility index (Phi) is 3.18. The SMILES string of the molecule is CC(C)(C)[C@H]1O[C@@H](O)[C@H](O)[C@@H](O)[C@@H]1O. The van der Waals surface area contributed by atoms with Crippen LogP contribution in [0.5, 0.6) is 0 Å². The first-order valence-electron chi connectivity index (χ1n) is 4.63. The quantitative estimate of drug-likeness (QED) is 0.401. The van der Waals surface area contributed by atoms with Gasteiger partial charge in [-0.05, 0) is 5.41 Å². The molecule has 0 aromatic carbocycles. The van der Waals surface area contributed by atoms with Crippen molar-refractivity contribution in [2.75, 3.05) is 0 Å². The highest BCUT2D eigenvalue weighted by Crippen LogP contribution is 2.32. The number of hydrogen-bond acceptors (Lipinski definition) is 5. The minimum atomic E-state index is -1.46. The lowest BCUT2D eigenvalue weighted by Crippen LogP contribution is -2.60. The van der Waals surface area contributed by atoms with Crippen molar-refractivity contribution in [2.45, 2.75) is 51.5 Å². The largest absolute Gasteiger partial charge is 0.388 e. The van der Waals surface area contributed by atoms with Crippen LogP contribution < -0.4 is 0 Å². The monoisotopic (exact) mass is 206 g/mol. The van der Waals surface area contributed by atoms with Gasteiger partial charge in [0.1, 0.15) is 18.3 Å². The van der Waals surface area contributed by atoms with Gasteiger partial charge in [0.2, 0.25) is 0 Å². The molecule has 0 radical (unpaired) electrons. The van der Waals surface area contributed by atoms with Gasteiger partial charge in [-0.15, -0.1) is 0 Å². The van der Waals surface area contributed by atoms with E-state index in [2.05, 4.69) is 0 Å². The second kappa shape index (κ2) is 3.75. The van der Waals surface area contributed by atoms with Gasteiger partial charge in [0.05, 0.1) is 6.10 Å². The van der Waals surface area contributed by atoms with Crippen molar-refractivity contribution in [1.29, 1.82) is 0 Å². The molecule has 0 aromatic heterocycles. The molecule has 4 N–H and O–H groups in total. The summed E-state index contributed by atoms with van der Waals surface area (Å²) in [6.45, 7) is 5.45. The van der Waals surface area contributed by atoms with E-state index < -0.39 is 36.1 Å². The highest BCUT2D eigenvalue weighted by molar-refractivity contribution is 4.93. The maximum Gasteiger partial charge on any atom is 0.183 e. The Labute approximate surface area is 82.9 Å². The lowest BCUT2D eigenvalue weighted by atomic mass is 9.81. The van der Waals surface area contributed by atoms with E-state index >= 15 is 0 Å². The van der Waals surface area contributed by atoms with Crippen LogP contribution in [0.15, 0.2) is 0 Å². The van der Waals surface area contributed by atoms with Crippen molar-refractivity contribution in [1.82, 2.24) is 0 Å². The summed E-state index contributed by atoms with van der Waals surface area (Å²) in [4.78, 5) is 0. The van der Waals surface area contributed by atoms with Gasteiger partial charge in [-0.2, -0.15) is 0 Å². The van der Waals surface area contributed by atoms with Gasteiger partial charge in [-0.25, -0.2) is 0 Å². The molecule has 1 aliphatic heterocycles. The molecule has 0 aliphatic carbocycles. The molecule has 84 valence electrons. The third kappa shape index (κ3) is 2.07. The fourth-order valence-corrected chi connectivity index (χ4v) is 1.58. The Hall–Kier alpha value is -0.200. The topological polar surface area (TPSA) is 90.2 Å². The molecule has 1 aliphatic rings. The Morgan fingerprint density at radius 1 is 0.857 bits per heavy atom. The molecule has 0 unspecified atom stereocenters. The lowest BCUT2D eigenvalue weighted by Gasteiger charge is -2.43. The van der Waals surface area contributed by atoms with Crippen LogP contribution >= 0.6 is 0 Å². The third-order valence-electron chi connectivity index (χ3n) is 2.44. The van der Waals surface area contributed by atoms with E-state index in [-0.39, 0.29) is 0 Å². The molecule has 5 atom stereocenters. The Balaban J connectivity index is 2.81. The molecule has 0 amide bonds. The Bertz CT molecular complexity index is 200. The van der Waals surface area contributed by atoms with Crippen molar-refractivity contribution >= 4 is 0 Å². The lowest BCUT2D eigenvalue weighted by molar-refractivity contribution is -0.299. The zero-order valence-corrected chi connectivity index (χ0v) is 8.58. The second-order valence-electron chi connectivity index (χ2n) is 4.79. The summed E-state index contributed by atoms with van der Waals surface area (Å²) in [5.74, 6) is 0. The maximum absolute atomic E-state index is 9.62. The molecule has 0 aromatic rings. The number of aliphatic hydroxyl groups excluding tert-OH is 4. The summed E-state index contributed by atoms with van der Waals surface area (Å²) in [5, 5.41) is 37.5. The third-order valence-corrected chi connectivity index (χ3v) is 2.44. The van der Waals surface area contributed by atoms with Crippen LogP contribution in [-0.2, 0) is 4.74 Å². The fourth-order valence-electron chi connectivity index (χ4n) is 1.58. The molecule has 1 saturated heterocycles. The van der Waals surface area contributed by atoms with Crippen LogP contribution in [0.1, 0.15) is 20.8 Å². The van der Waals surface area contributed by atoms with Gasteiger partial charge >= 0.3 is 0 Å². The normalized spacial score (nSPS) is 45.2. The van der Waals surface area contributed by atoms with Gasteiger partial charge in [0, 0.05) is 0 Å². The minimum Gasteiger partial charge on any atom is -0.388 e. The predicted octanol–water partition coefficient (Wildman–Crippen LogP) is -1.17. The first-order chi connectivity index (χ1) is 6.25. The molecular weight excluding hydrogens is 188 g/mol. The predicted molar refractivity (Wildman–Crippen MR) is 48.4 cm³/mol. The van der Waals surface area contributed by atoms with E-state index in [1.807, 2.05) is 20.8 Å². The number of aliphatic hydroxyl groups is 4. The molecule has 0 bridgehead atoms. The summed E-state index contributed by atoms with van der Waals surface area (Å²) < 4.78 is 5.04. The van der Waals surface area contributed by atoms with Crippen molar-refractivity contribution in [2.24, 2.45) is 5.41 Å². The highest BCUT2D eigenvalue weighted by Gasteiger charge is 2.47. The molecular formula is C9H18O5. The zero-order chi connectivity index (χ0) is 11.1. The van der Waals surface area contributed by atoms with Crippen LogP contribution in [0.25, 0.3) is 0 Å². The second-order valence-corrected chi connectivity index (χ2v) is 4.79. The van der Waals surface area contributed by atoms with E-state index in [1.165, 1.54) is 0 Å². The van der Waals surface area contributed by atoms with Crippen molar-refractivity contribution < 1.29 is 25.2 Å². The molecule has 1 heterocycles. The first kappa shape index (κ1) is 11.9. The Morgan fingerprint density at radius 3 is 1.79 bits per heavy atom. The van der Waals surface area contributed by atoms with Crippen LogP contribution in [0.3, 0.4) is 0 Å². The molecule has 1 rings (SSSR count). The smallest absolute Gasteiger partial charge is 0.183 e. The van der Waals surface area contributed by atoms with E-state index in [9.17, 15) is 20.4 Å². The minimum absolute atomic E-state index is 0.415. The van der Waals surface area contributed by atoms with E-state index in [0.717, 1.165) is 0 Å². The summed E-state index contributed by atoms with van der Waals surface area (Å²) in [7, 11) is 0. The maximum atomic E-state index is 9.62. The highest BCUT2D eigenvalue weighted by atomic mass is 16.6. The van der Waals surface area contributed by atoms with Gasteiger partial charge < -0.3 is 25.2 Å². The molecule has 5 nitrogen and oxygen atoms in total. The van der Waals surface area contributed by atoms with Crippen LogP contribution in [-0.4, -0.2) is 51.1 Å². The first-order valence-corrected chi connectivity index (χ1v) is 4.63. The zero-order valence-electron chi connectivity index (χ0n) is 8.58. The Morgan fingerprint density at radius 2 is 1.36 bits per heavy atom. The van der Waals surface area contributed by atoms with Gasteiger partial charge in [-0.1, -0.05) is 20.8 Å². The summed E-state index contributed by atoms with van der Waals surface area (Å²) in [6.07, 6.45) is -6.16. The number of ether oxygens (including phenoxy) is 1. The molecule has 1 fully saturated rings. The standard InChI is InChI=1S/C9H18O5/c1-9(2,3)7-5(11)4(10)6(12)8(13)14-7/h4-8,10-13H,1-3H3/t4-,5-,6+,7-,8+/m0/s1. The molecule has 14 heavy (non-hydrogen) atoms. The number of hydrogen-bond donors (Lipinski definition) is 4. The van der Waals surface area contributed by atoms with Crippen LogP contribution in [0.4, 0.5) is 0 Å². The van der Waals surface area contributed by atoms with Gasteiger partial charge in [-0.3, -0.25) is 0 Å². The molecule has 0 saturated carbocycles. The molecule has 0 spiro atoms. The van der Waals surface area contributed by atoms with Gasteiger partial charge in [0.15, 0.2) is 6.29 Å². The summed E-state index contributed by atoms with van der Waals surface area (Å²) in [6, 6.07) is 0. The molecule has 5 heteroatoms. The van der Waals surface area contributed by atoms with Crippen molar-refractivity contribution in [3.8, 4) is 0 Å². The van der Waals surface area contributed by atoms with E-state index in [4.69, 9.17) is 4.74 Å². The van der Waals surface area contributed by atoms with Gasteiger partial charge in [0.25, 0.3) is 0 Å². The summed E-state index contributed by atoms with van der Waals surface area (Å²) >= 11 is 0. The fraction of sp³-hybridized carbons (Fsp3) is 1.00. The van der Waals surface area contributed by atoms with E-state index in [1.54, 1.807) is 0 Å². The van der Waals surface area contributed by atoms with Crippen LogP contribution in [0.2, 0.25) is 0 Å². The van der Waals surface area contributed by atoms with E-state index in [0.29, 0.717) is 0 Å². The average Bonchev–Trinajstić information content (AvgIpc) is 2.06. The van der Waals surface area contributed by atoms with Crippen molar-refractivity contribution in [3.05, 3.63) is 0 Å². The average molecular weight is 206 g/mol. The number of rotatable bonds is 0. The summed E-state index contributed by atoms with van der Waals surface area (Å²) in [5.41, 5.74) is -0.415. The van der Waals surface area contributed by atoms with Crippen LogP contribution in [0, 0.1) is 5.41 Å². The van der Waals surface area contributed by atoms with Crippen molar-refractivity contribution in [3.63, 3.8) is 0 Å².